The van der Waals surface area contributed by atoms with Crippen molar-refractivity contribution in [2.75, 3.05) is 5.32 Å². The van der Waals surface area contributed by atoms with Gasteiger partial charge in [-0.3, -0.25) is 14.4 Å². The van der Waals surface area contributed by atoms with Crippen LogP contribution in [0.25, 0.3) is 0 Å². The fourth-order valence-corrected chi connectivity index (χ4v) is 3.32. The summed E-state index contributed by atoms with van der Waals surface area (Å²) in [5.41, 5.74) is 2.56. The molecule has 0 aliphatic rings. The van der Waals surface area contributed by atoms with Crippen molar-refractivity contribution >= 4 is 29.1 Å². The molecule has 3 rings (SSSR count). The van der Waals surface area contributed by atoms with Gasteiger partial charge < -0.3 is 15.2 Å². The van der Waals surface area contributed by atoms with Gasteiger partial charge in [-0.25, -0.2) is 0 Å². The number of rotatable bonds is 6. The van der Waals surface area contributed by atoms with Gasteiger partial charge in [0, 0.05) is 28.5 Å². The third-order valence-corrected chi connectivity index (χ3v) is 5.17. The van der Waals surface area contributed by atoms with Gasteiger partial charge in [0.15, 0.2) is 0 Å². The highest BCUT2D eigenvalue weighted by atomic mass is 35.5. The molecule has 0 atom stereocenters. The number of nitrogens with zero attached hydrogens (tertiary/aromatic N) is 2. The number of aryl methyl sites for hydroxylation is 2. The van der Waals surface area contributed by atoms with Crippen LogP contribution in [0.2, 0.25) is 5.02 Å². The van der Waals surface area contributed by atoms with E-state index < -0.39 is 11.5 Å². The molecule has 2 N–H and O–H groups in total. The zero-order valence-corrected chi connectivity index (χ0v) is 18.4. The lowest BCUT2D eigenvalue weighted by Crippen LogP contribution is -2.31. The smallest absolute Gasteiger partial charge is 0.269 e. The van der Waals surface area contributed by atoms with Gasteiger partial charge in [-0.2, -0.15) is 5.26 Å². The van der Waals surface area contributed by atoms with Crippen molar-refractivity contribution in [1.82, 2.24) is 9.88 Å². The van der Waals surface area contributed by atoms with Crippen LogP contribution >= 0.6 is 11.6 Å². The van der Waals surface area contributed by atoms with Crippen molar-refractivity contribution in [3.8, 4) is 6.07 Å². The fourth-order valence-electron chi connectivity index (χ4n) is 3.20. The molecule has 0 unspecified atom stereocenters. The quantitative estimate of drug-likeness (QED) is 0.601. The van der Waals surface area contributed by atoms with Crippen molar-refractivity contribution in [1.29, 1.82) is 5.26 Å². The number of anilines is 1. The maximum absolute atomic E-state index is 12.4. The lowest BCUT2D eigenvalue weighted by Gasteiger charge is -2.12. The number of benzene rings is 2. The number of carbonyl (C=O) groups excluding carboxylic acids is 2. The van der Waals surface area contributed by atoms with Crippen LogP contribution < -0.4 is 16.2 Å². The molecule has 0 aliphatic heterocycles. The minimum Gasteiger partial charge on any atom is -0.348 e. The van der Waals surface area contributed by atoms with Crippen molar-refractivity contribution in [3.63, 3.8) is 0 Å². The predicted octanol–water partition coefficient (Wildman–Crippen LogP) is 3.56. The maximum atomic E-state index is 12.4. The molecular weight excluding hydrogens is 428 g/mol. The van der Waals surface area contributed by atoms with Crippen LogP contribution in [0.5, 0.6) is 0 Å². The van der Waals surface area contributed by atoms with E-state index in [4.69, 9.17) is 16.9 Å². The van der Waals surface area contributed by atoms with Crippen LogP contribution in [0.1, 0.15) is 32.7 Å². The summed E-state index contributed by atoms with van der Waals surface area (Å²) in [6.07, 6.45) is 0. The zero-order valence-electron chi connectivity index (χ0n) is 17.6. The van der Waals surface area contributed by atoms with E-state index in [1.165, 1.54) is 4.57 Å². The minimum atomic E-state index is -0.493. The standard InChI is InChI=1S/C24H21ClN4O3/c1-15-11-16(2)29(24(32)21(15)12-26)14-22(30)28-20-9-5-18(6-10-20)23(31)27-13-17-3-7-19(25)8-4-17/h3-11H,13-14H2,1-2H3,(H,27,31)(H,28,30). The second kappa shape index (κ2) is 9.94. The highest BCUT2D eigenvalue weighted by Gasteiger charge is 2.13. The topological polar surface area (TPSA) is 104 Å². The van der Waals surface area contributed by atoms with Crippen LogP contribution in [0.15, 0.2) is 59.4 Å². The molecule has 3 aromatic rings. The highest BCUT2D eigenvalue weighted by Crippen LogP contribution is 2.12. The Balaban J connectivity index is 1.61. The Labute approximate surface area is 190 Å². The van der Waals surface area contributed by atoms with Crippen molar-refractivity contribution < 1.29 is 9.59 Å². The molecule has 2 aromatic carbocycles. The molecule has 0 bridgehead atoms. The van der Waals surface area contributed by atoms with Gasteiger partial charge in [-0.1, -0.05) is 23.7 Å². The Morgan fingerprint density at radius 1 is 1.06 bits per heavy atom. The summed E-state index contributed by atoms with van der Waals surface area (Å²) in [5, 5.41) is 15.3. The SMILES string of the molecule is Cc1cc(C)n(CC(=O)Nc2ccc(C(=O)NCc3ccc(Cl)cc3)cc2)c(=O)c1C#N. The molecule has 162 valence electrons. The van der Waals surface area contributed by atoms with E-state index in [1.807, 2.05) is 18.2 Å². The first kappa shape index (κ1) is 22.8. The van der Waals surface area contributed by atoms with Gasteiger partial charge in [0.05, 0.1) is 0 Å². The van der Waals surface area contributed by atoms with Crippen LogP contribution in [0, 0.1) is 25.2 Å². The summed E-state index contributed by atoms with van der Waals surface area (Å²) < 4.78 is 1.26. The number of hydrogen-bond donors (Lipinski definition) is 2. The molecule has 0 fully saturated rings. The van der Waals surface area contributed by atoms with Crippen molar-refractivity contribution in [2.45, 2.75) is 26.9 Å². The predicted molar refractivity (Wildman–Crippen MR) is 123 cm³/mol. The lowest BCUT2D eigenvalue weighted by atomic mass is 10.1. The second-order valence-electron chi connectivity index (χ2n) is 7.28. The zero-order chi connectivity index (χ0) is 23.3. The van der Waals surface area contributed by atoms with Crippen LogP contribution in [0.3, 0.4) is 0 Å². The first-order valence-corrected chi connectivity index (χ1v) is 10.2. The first-order chi connectivity index (χ1) is 15.3. The highest BCUT2D eigenvalue weighted by molar-refractivity contribution is 6.30. The number of halogens is 1. The molecule has 7 nitrogen and oxygen atoms in total. The van der Waals surface area contributed by atoms with Crippen LogP contribution in [0.4, 0.5) is 5.69 Å². The monoisotopic (exact) mass is 448 g/mol. The Morgan fingerprint density at radius 3 is 2.34 bits per heavy atom. The van der Waals surface area contributed by atoms with E-state index in [-0.39, 0.29) is 18.0 Å². The molecule has 0 aliphatic carbocycles. The average Bonchev–Trinajstić information content (AvgIpc) is 2.77. The van der Waals surface area contributed by atoms with Crippen LogP contribution in [-0.4, -0.2) is 16.4 Å². The molecule has 1 aromatic heterocycles. The van der Waals surface area contributed by atoms with Gasteiger partial charge in [0.25, 0.3) is 11.5 Å². The Hall–Kier alpha value is -3.89. The minimum absolute atomic E-state index is 0.0253. The number of amides is 2. The summed E-state index contributed by atoms with van der Waals surface area (Å²) in [6.45, 7) is 3.54. The Morgan fingerprint density at radius 2 is 1.72 bits per heavy atom. The van der Waals surface area contributed by atoms with E-state index in [0.717, 1.165) is 5.56 Å². The van der Waals surface area contributed by atoms with Gasteiger partial charge in [0.1, 0.15) is 18.2 Å². The van der Waals surface area contributed by atoms with E-state index in [2.05, 4.69) is 10.6 Å². The summed E-state index contributed by atoms with van der Waals surface area (Å²) in [6, 6.07) is 17.2. The van der Waals surface area contributed by atoms with Gasteiger partial charge in [-0.05, 0) is 67.4 Å². The average molecular weight is 449 g/mol. The molecule has 0 saturated carbocycles. The summed E-state index contributed by atoms with van der Waals surface area (Å²) >= 11 is 5.85. The number of aromatic nitrogens is 1. The lowest BCUT2D eigenvalue weighted by molar-refractivity contribution is -0.116. The van der Waals surface area contributed by atoms with Crippen molar-refractivity contribution in [2.24, 2.45) is 0 Å². The molecule has 0 radical (unpaired) electrons. The summed E-state index contributed by atoms with van der Waals surface area (Å²) in [5.74, 6) is -0.661. The largest absolute Gasteiger partial charge is 0.348 e. The molecule has 0 spiro atoms. The fraction of sp³-hybridized carbons (Fsp3) is 0.167. The number of nitriles is 1. The maximum Gasteiger partial charge on any atom is 0.269 e. The molecule has 1 heterocycles. The molecule has 2 amide bonds. The molecule has 0 saturated heterocycles. The van der Waals surface area contributed by atoms with E-state index in [0.29, 0.717) is 34.1 Å². The van der Waals surface area contributed by atoms with Crippen molar-refractivity contribution in [3.05, 3.63) is 97.9 Å². The second-order valence-corrected chi connectivity index (χ2v) is 7.72. The first-order valence-electron chi connectivity index (χ1n) is 9.82. The summed E-state index contributed by atoms with van der Waals surface area (Å²) in [4.78, 5) is 37.2. The van der Waals surface area contributed by atoms with E-state index in [1.54, 1.807) is 56.3 Å². The Bertz CT molecular complexity index is 1260. The number of hydrogen-bond acceptors (Lipinski definition) is 4. The molecular formula is C24H21ClN4O3. The number of pyridine rings is 1. The number of carbonyl (C=O) groups is 2. The normalized spacial score (nSPS) is 10.3. The third kappa shape index (κ3) is 5.42. The third-order valence-electron chi connectivity index (χ3n) is 4.92. The number of nitrogens with one attached hydrogen (secondary N) is 2. The Kier molecular flexibility index (Phi) is 7.08. The van der Waals surface area contributed by atoms with Gasteiger partial charge in [-0.15, -0.1) is 0 Å². The van der Waals surface area contributed by atoms with Gasteiger partial charge in [0.2, 0.25) is 5.91 Å². The van der Waals surface area contributed by atoms with E-state index in [9.17, 15) is 14.4 Å². The van der Waals surface area contributed by atoms with Gasteiger partial charge >= 0.3 is 0 Å². The molecule has 8 heteroatoms. The van der Waals surface area contributed by atoms with E-state index >= 15 is 0 Å². The summed E-state index contributed by atoms with van der Waals surface area (Å²) in [7, 11) is 0. The molecule has 32 heavy (non-hydrogen) atoms. The van der Waals surface area contributed by atoms with Crippen LogP contribution in [-0.2, 0) is 17.9 Å².